The Labute approximate surface area is 423 Å². The average Bonchev–Trinajstić information content (AvgIpc) is 4.10. The molecule has 3 aromatic heterocycles. The normalized spacial score (nSPS) is 20.6. The highest BCUT2D eigenvalue weighted by Gasteiger charge is 2.40. The number of hydrogen-bond acceptors (Lipinski definition) is 12. The van der Waals surface area contributed by atoms with Crippen molar-refractivity contribution in [2.24, 2.45) is 7.05 Å². The third kappa shape index (κ3) is 9.66. The maximum absolute atomic E-state index is 14.6. The van der Waals surface area contributed by atoms with Crippen molar-refractivity contribution in [3.05, 3.63) is 141 Å². The molecule has 18 nitrogen and oxygen atoms in total. The molecule has 8 heterocycles. The van der Waals surface area contributed by atoms with Gasteiger partial charge in [-0.3, -0.25) is 38.4 Å². The molecule has 4 fully saturated rings. The average molecular weight is 1020 g/mol. The van der Waals surface area contributed by atoms with Gasteiger partial charge in [-0.05, 0) is 109 Å². The fraction of sp³-hybridized carbons (Fsp3) is 0.415. The van der Waals surface area contributed by atoms with Gasteiger partial charge in [0.15, 0.2) is 5.82 Å². The summed E-state index contributed by atoms with van der Waals surface area (Å²) >= 11 is 0. The smallest absolute Gasteiger partial charge is 0.380 e. The number of amides is 4. The van der Waals surface area contributed by atoms with Gasteiger partial charge in [-0.1, -0.05) is 12.1 Å². The fourth-order valence-electron chi connectivity index (χ4n) is 11.2. The van der Waals surface area contributed by atoms with Gasteiger partial charge in [0, 0.05) is 114 Å². The summed E-state index contributed by atoms with van der Waals surface area (Å²) in [4.78, 5) is 75.0. The van der Waals surface area contributed by atoms with Crippen LogP contribution in [0.15, 0.2) is 96.3 Å². The second-order valence-electron chi connectivity index (χ2n) is 20.0. The molecule has 21 heteroatoms. The Balaban J connectivity index is 0.663. The molecule has 4 amide bonds. The summed E-state index contributed by atoms with van der Waals surface area (Å²) in [6.07, 6.45) is 1.47. The molecule has 0 unspecified atom stereocenters. The van der Waals surface area contributed by atoms with Crippen LogP contribution in [0.5, 0.6) is 0 Å². The minimum atomic E-state index is -4.73. The molecule has 4 saturated heterocycles. The fourth-order valence-corrected chi connectivity index (χ4v) is 11.2. The van der Waals surface area contributed by atoms with E-state index in [1.807, 2.05) is 47.4 Å². The molecule has 0 aliphatic carbocycles. The number of aromatic nitrogens is 5. The van der Waals surface area contributed by atoms with Crippen LogP contribution in [-0.4, -0.2) is 138 Å². The van der Waals surface area contributed by atoms with E-state index in [1.54, 1.807) is 40.8 Å². The number of halogens is 3. The van der Waals surface area contributed by atoms with E-state index in [1.165, 1.54) is 18.7 Å². The van der Waals surface area contributed by atoms with Crippen LogP contribution in [0.2, 0.25) is 0 Å². The van der Waals surface area contributed by atoms with Crippen molar-refractivity contribution < 1.29 is 42.2 Å². The third-order valence-electron chi connectivity index (χ3n) is 15.2. The number of aryl methyl sites for hydroxylation is 1. The van der Waals surface area contributed by atoms with Crippen LogP contribution in [0.25, 0.3) is 11.2 Å². The Bertz CT molecular complexity index is 3190. The Morgan fingerprint density at radius 3 is 2.30 bits per heavy atom. The largest absolute Gasteiger partial charge is 0.418 e. The molecule has 5 aliphatic rings. The van der Waals surface area contributed by atoms with Crippen LogP contribution in [-0.2, 0) is 40.6 Å². The number of carbonyl (C=O) groups excluding carboxylic acids is 4. The lowest BCUT2D eigenvalue weighted by molar-refractivity contribution is -0.137. The summed E-state index contributed by atoms with van der Waals surface area (Å²) in [5.74, 6) is -0.705. The first-order chi connectivity index (χ1) is 35.6. The molecule has 3 atom stereocenters. The highest BCUT2D eigenvalue weighted by atomic mass is 19.4. The van der Waals surface area contributed by atoms with Crippen LogP contribution in [0.1, 0.15) is 93.4 Å². The van der Waals surface area contributed by atoms with E-state index in [0.29, 0.717) is 74.2 Å². The SMILES string of the molecule is Cn1cnnc1[C@H](O)c1cccc(-n2cc3c(C(F)(F)F)cc(CN4CCC(O[C@@H]5CCCN(C(=O)c6ccc(N7CCN(c8ccc9c(c8)CN([C@H]8CCC(=O)NC8=O)C9=O)CC7)cc6)C5)CC4)cn3c2=O)c1. The molecule has 0 radical (unpaired) electrons. The molecule has 0 spiro atoms. The second kappa shape index (κ2) is 19.8. The Kier molecular flexibility index (Phi) is 13.1. The number of ether oxygens (including phenoxy) is 1. The molecule has 74 heavy (non-hydrogen) atoms. The number of fused-ring (bicyclic) bond motifs is 2. The molecule has 11 rings (SSSR count). The number of likely N-dealkylation sites (tertiary alicyclic amines) is 2. The zero-order valence-corrected chi connectivity index (χ0v) is 40.8. The lowest BCUT2D eigenvalue weighted by Crippen LogP contribution is -2.52. The summed E-state index contributed by atoms with van der Waals surface area (Å²) < 4.78 is 54.2. The van der Waals surface area contributed by atoms with Gasteiger partial charge in [0.2, 0.25) is 11.8 Å². The number of aliphatic hydroxyl groups excluding tert-OH is 1. The second-order valence-corrected chi connectivity index (χ2v) is 20.0. The number of imide groups is 1. The topological polar surface area (TPSA) is 183 Å². The number of aliphatic hydroxyl groups is 1. The Morgan fingerprint density at radius 2 is 1.58 bits per heavy atom. The van der Waals surface area contributed by atoms with Gasteiger partial charge in [0.05, 0.1) is 29.0 Å². The lowest BCUT2D eigenvalue weighted by Gasteiger charge is -2.38. The third-order valence-corrected chi connectivity index (χ3v) is 15.2. The maximum atomic E-state index is 14.6. The van der Waals surface area contributed by atoms with E-state index < -0.39 is 35.5 Å². The number of imidazole rings is 1. The van der Waals surface area contributed by atoms with Gasteiger partial charge in [0.1, 0.15) is 18.5 Å². The van der Waals surface area contributed by atoms with Gasteiger partial charge in [-0.25, -0.2) is 4.79 Å². The van der Waals surface area contributed by atoms with Crippen molar-refractivity contribution in [2.75, 3.05) is 62.2 Å². The van der Waals surface area contributed by atoms with Crippen LogP contribution >= 0.6 is 0 Å². The predicted octanol–water partition coefficient (Wildman–Crippen LogP) is 4.69. The lowest BCUT2D eigenvalue weighted by atomic mass is 10.0. The van der Waals surface area contributed by atoms with E-state index in [9.17, 15) is 42.3 Å². The van der Waals surface area contributed by atoms with Crippen molar-refractivity contribution in [1.82, 2.24) is 43.7 Å². The van der Waals surface area contributed by atoms with Gasteiger partial charge in [-0.15, -0.1) is 10.2 Å². The summed E-state index contributed by atoms with van der Waals surface area (Å²) in [6, 6.07) is 20.4. The highest BCUT2D eigenvalue weighted by Crippen LogP contribution is 2.35. The van der Waals surface area contributed by atoms with E-state index in [-0.39, 0.29) is 59.9 Å². The minimum absolute atomic E-state index is 0.0500. The molecule has 3 aromatic carbocycles. The van der Waals surface area contributed by atoms with Crippen LogP contribution in [0, 0.1) is 0 Å². The summed E-state index contributed by atoms with van der Waals surface area (Å²) in [6.45, 7) is 5.84. The number of anilines is 2. The molecule has 5 aliphatic heterocycles. The molecule has 0 saturated carbocycles. The number of piperazine rings is 1. The van der Waals surface area contributed by atoms with Crippen molar-refractivity contribution in [1.29, 1.82) is 0 Å². The number of rotatable bonds is 11. The number of nitrogens with zero attached hydrogens (tertiary/aromatic N) is 10. The molecule has 0 bridgehead atoms. The van der Waals surface area contributed by atoms with Crippen molar-refractivity contribution >= 4 is 40.5 Å². The van der Waals surface area contributed by atoms with Crippen molar-refractivity contribution in [2.45, 2.75) is 82.1 Å². The number of benzene rings is 3. The molecular weight excluding hydrogens is 960 g/mol. The molecule has 2 N–H and O–H groups in total. The molecule has 386 valence electrons. The zero-order valence-electron chi connectivity index (χ0n) is 40.8. The maximum Gasteiger partial charge on any atom is 0.418 e. The number of carbonyl (C=O) groups is 4. The monoisotopic (exact) mass is 1020 g/mol. The highest BCUT2D eigenvalue weighted by molar-refractivity contribution is 6.05. The zero-order chi connectivity index (χ0) is 51.4. The first kappa shape index (κ1) is 48.9. The summed E-state index contributed by atoms with van der Waals surface area (Å²) in [5, 5.41) is 21.1. The molecular formula is C53H56F3N11O7. The van der Waals surface area contributed by atoms with E-state index in [2.05, 4.69) is 30.2 Å². The summed E-state index contributed by atoms with van der Waals surface area (Å²) in [7, 11) is 1.68. The quantitative estimate of drug-likeness (QED) is 0.171. The van der Waals surface area contributed by atoms with Gasteiger partial charge >= 0.3 is 11.9 Å². The van der Waals surface area contributed by atoms with E-state index in [4.69, 9.17) is 4.74 Å². The van der Waals surface area contributed by atoms with Gasteiger partial charge < -0.3 is 34.0 Å². The number of nitrogens with one attached hydrogen (secondary N) is 1. The summed E-state index contributed by atoms with van der Waals surface area (Å²) in [5.41, 5.74) is 3.27. The number of hydrogen-bond donors (Lipinski definition) is 2. The first-order valence-electron chi connectivity index (χ1n) is 25.2. The molecule has 6 aromatic rings. The number of alkyl halides is 3. The standard InChI is InChI=1S/C53H56F3N11O7/c1-60-32-57-59-48(60)47(69)35-4-2-5-39(25-35)65-31-45-43(53(54,55)56)24-33(28-67(45)52(65)73)27-61-18-15-40(16-19-61)74-41-6-3-17-64(30-41)50(71)34-7-9-37(10-8-34)62-20-22-63(23-21-62)38-11-12-42-36(26-38)29-66(51(42)72)44-13-14-46(68)58-49(44)70/h2,4-5,7-12,24-26,28,31-32,40-41,44,47,69H,3,6,13-23,27,29-30H2,1H3,(H,58,68,70)/t41-,44+,47-/m1/s1. The van der Waals surface area contributed by atoms with Crippen molar-refractivity contribution in [3.63, 3.8) is 0 Å². The Morgan fingerprint density at radius 1 is 0.838 bits per heavy atom. The van der Waals surface area contributed by atoms with Gasteiger partial charge in [-0.2, -0.15) is 13.2 Å². The van der Waals surface area contributed by atoms with Crippen LogP contribution < -0.4 is 20.8 Å². The number of pyridine rings is 1. The van der Waals surface area contributed by atoms with Crippen molar-refractivity contribution in [3.8, 4) is 5.69 Å². The van der Waals surface area contributed by atoms with E-state index in [0.717, 1.165) is 71.0 Å². The van der Waals surface area contributed by atoms with Crippen LogP contribution in [0.3, 0.4) is 0 Å². The van der Waals surface area contributed by atoms with Crippen LogP contribution in [0.4, 0.5) is 24.5 Å². The van der Waals surface area contributed by atoms with Gasteiger partial charge in [0.25, 0.3) is 11.8 Å². The first-order valence-corrected chi connectivity index (χ1v) is 25.2. The van der Waals surface area contributed by atoms with E-state index >= 15 is 0 Å². The Hall–Kier alpha value is -7.36. The number of piperidine rings is 3. The predicted molar refractivity (Wildman–Crippen MR) is 265 cm³/mol. The minimum Gasteiger partial charge on any atom is -0.380 e.